The summed E-state index contributed by atoms with van der Waals surface area (Å²) in [5, 5.41) is 2.73. The minimum absolute atomic E-state index is 0.0644. The number of ether oxygens (including phenoxy) is 1. The summed E-state index contributed by atoms with van der Waals surface area (Å²) >= 11 is 0. The lowest BCUT2D eigenvalue weighted by Gasteiger charge is -2.35. The van der Waals surface area contributed by atoms with Gasteiger partial charge in [0.2, 0.25) is 5.91 Å². The van der Waals surface area contributed by atoms with E-state index in [4.69, 9.17) is 10.5 Å². The largest absolute Gasteiger partial charge is 0.455 e. The highest BCUT2D eigenvalue weighted by atomic mass is 16.5. The summed E-state index contributed by atoms with van der Waals surface area (Å²) in [6.45, 7) is 2.24. The van der Waals surface area contributed by atoms with E-state index in [9.17, 15) is 9.59 Å². The van der Waals surface area contributed by atoms with Crippen LogP contribution < -0.4 is 15.8 Å². The van der Waals surface area contributed by atoms with Crippen LogP contribution in [0.15, 0.2) is 41.7 Å². The molecule has 0 atom stereocenters. The molecule has 1 aliphatic carbocycles. The molecule has 2 aromatic rings. The number of carbonyl (C=O) groups is 2. The zero-order chi connectivity index (χ0) is 22.7. The SMILES string of the molecule is CN=CC(=CN)c1cc(Oc2ccc(NC(=O)N3CCC4(CCC4)C3=O)nc2C)ccn1. The lowest BCUT2D eigenvalue weighted by atomic mass is 9.68. The third-order valence-electron chi connectivity index (χ3n) is 6.04. The zero-order valence-electron chi connectivity index (χ0n) is 18.2. The van der Waals surface area contributed by atoms with Crippen LogP contribution in [0.2, 0.25) is 0 Å². The average molecular weight is 435 g/mol. The normalized spacial score (nSPS) is 17.6. The fraction of sp³-hybridized carbons (Fsp3) is 0.348. The van der Waals surface area contributed by atoms with Crippen LogP contribution in [-0.2, 0) is 4.79 Å². The second-order valence-electron chi connectivity index (χ2n) is 8.04. The van der Waals surface area contributed by atoms with Gasteiger partial charge in [0.05, 0.1) is 16.8 Å². The number of anilines is 1. The van der Waals surface area contributed by atoms with Gasteiger partial charge in [-0.05, 0) is 44.4 Å². The molecule has 1 saturated heterocycles. The maximum Gasteiger partial charge on any atom is 0.329 e. The van der Waals surface area contributed by atoms with E-state index in [1.165, 1.54) is 11.1 Å². The molecule has 0 unspecified atom stereocenters. The van der Waals surface area contributed by atoms with Crippen molar-refractivity contribution in [3.8, 4) is 11.5 Å². The van der Waals surface area contributed by atoms with Gasteiger partial charge in [-0.25, -0.2) is 9.78 Å². The van der Waals surface area contributed by atoms with Crippen molar-refractivity contribution in [3.63, 3.8) is 0 Å². The fourth-order valence-corrected chi connectivity index (χ4v) is 4.08. The number of aryl methyl sites for hydroxylation is 1. The van der Waals surface area contributed by atoms with Gasteiger partial charge < -0.3 is 10.5 Å². The molecule has 0 aromatic carbocycles. The van der Waals surface area contributed by atoms with Crippen molar-refractivity contribution < 1.29 is 14.3 Å². The molecule has 4 rings (SSSR count). The van der Waals surface area contributed by atoms with Crippen LogP contribution in [0, 0.1) is 12.3 Å². The predicted octanol–water partition coefficient (Wildman–Crippen LogP) is 3.51. The number of hydrogen-bond acceptors (Lipinski definition) is 7. The molecule has 0 bridgehead atoms. The number of amides is 3. The first-order valence-electron chi connectivity index (χ1n) is 10.5. The maximum atomic E-state index is 12.6. The van der Waals surface area contributed by atoms with Crippen LogP contribution in [0.4, 0.5) is 10.6 Å². The topological polar surface area (TPSA) is 123 Å². The molecule has 0 radical (unpaired) electrons. The highest BCUT2D eigenvalue weighted by molar-refractivity contribution is 6.08. The second kappa shape index (κ2) is 8.78. The molecule has 9 nitrogen and oxygen atoms in total. The van der Waals surface area contributed by atoms with Crippen molar-refractivity contribution in [2.75, 3.05) is 18.9 Å². The summed E-state index contributed by atoms with van der Waals surface area (Å²) in [5.74, 6) is 1.40. The molecular weight excluding hydrogens is 408 g/mol. The Morgan fingerprint density at radius 2 is 2.12 bits per heavy atom. The summed E-state index contributed by atoms with van der Waals surface area (Å²) in [6, 6.07) is 6.42. The van der Waals surface area contributed by atoms with Gasteiger partial charge in [-0.1, -0.05) is 6.42 Å². The molecule has 3 heterocycles. The number of aliphatic imine (C=N–C) groups is 1. The highest BCUT2D eigenvalue weighted by Crippen LogP contribution is 2.49. The Morgan fingerprint density at radius 3 is 2.75 bits per heavy atom. The number of imide groups is 1. The van der Waals surface area contributed by atoms with E-state index < -0.39 is 6.03 Å². The van der Waals surface area contributed by atoms with E-state index in [-0.39, 0.29) is 11.3 Å². The number of carbonyl (C=O) groups excluding carboxylic acids is 2. The Kier molecular flexibility index (Phi) is 5.89. The van der Waals surface area contributed by atoms with E-state index in [0.29, 0.717) is 40.8 Å². The number of pyridine rings is 2. The van der Waals surface area contributed by atoms with Gasteiger partial charge >= 0.3 is 6.03 Å². The molecule has 1 spiro atoms. The molecule has 32 heavy (non-hydrogen) atoms. The molecule has 2 fully saturated rings. The zero-order valence-corrected chi connectivity index (χ0v) is 18.2. The van der Waals surface area contributed by atoms with Crippen LogP contribution in [-0.4, -0.2) is 46.6 Å². The van der Waals surface area contributed by atoms with Crippen molar-refractivity contribution in [2.24, 2.45) is 16.1 Å². The Morgan fingerprint density at radius 1 is 1.31 bits per heavy atom. The van der Waals surface area contributed by atoms with Gasteiger partial charge in [-0.3, -0.25) is 25.0 Å². The Labute approximate surface area is 186 Å². The fourth-order valence-electron chi connectivity index (χ4n) is 4.08. The van der Waals surface area contributed by atoms with E-state index in [0.717, 1.165) is 25.7 Å². The lowest BCUT2D eigenvalue weighted by Crippen LogP contribution is -2.43. The van der Waals surface area contributed by atoms with Gasteiger partial charge in [0, 0.05) is 43.8 Å². The van der Waals surface area contributed by atoms with Crippen LogP contribution in [0.3, 0.4) is 0 Å². The van der Waals surface area contributed by atoms with E-state index in [2.05, 4.69) is 20.3 Å². The van der Waals surface area contributed by atoms with Gasteiger partial charge in [0.25, 0.3) is 0 Å². The number of hydrogen-bond donors (Lipinski definition) is 2. The van der Waals surface area contributed by atoms with E-state index in [1.54, 1.807) is 50.6 Å². The second-order valence-corrected chi connectivity index (χ2v) is 8.04. The molecule has 2 aliphatic rings. The van der Waals surface area contributed by atoms with Crippen molar-refractivity contribution in [3.05, 3.63) is 48.1 Å². The van der Waals surface area contributed by atoms with Crippen molar-refractivity contribution >= 4 is 29.5 Å². The Hall–Kier alpha value is -3.75. The van der Waals surface area contributed by atoms with Gasteiger partial charge in [0.1, 0.15) is 17.3 Å². The summed E-state index contributed by atoms with van der Waals surface area (Å²) < 4.78 is 5.96. The standard InChI is InChI=1S/C23H26N6O3/c1-15-19(32-17-6-10-26-18(12-17)16(13-24)14-25-2)4-5-20(27-15)28-22(31)29-11-9-23(21(29)30)7-3-8-23/h4-6,10,12-14H,3,7-9,11,24H2,1-2H3,(H,27,28,31). The number of rotatable bonds is 5. The number of nitrogens with zero attached hydrogens (tertiary/aromatic N) is 4. The Bertz CT molecular complexity index is 1110. The number of nitrogens with one attached hydrogen (secondary N) is 1. The quantitative estimate of drug-likeness (QED) is 0.694. The van der Waals surface area contributed by atoms with Gasteiger partial charge in [0.15, 0.2) is 0 Å². The number of nitrogens with two attached hydrogens (primary N) is 1. The monoisotopic (exact) mass is 434 g/mol. The molecular formula is C23H26N6O3. The molecule has 2 aromatic heterocycles. The smallest absolute Gasteiger partial charge is 0.329 e. The summed E-state index contributed by atoms with van der Waals surface area (Å²) in [4.78, 5) is 39.2. The molecule has 166 valence electrons. The van der Waals surface area contributed by atoms with Crippen molar-refractivity contribution in [1.82, 2.24) is 14.9 Å². The van der Waals surface area contributed by atoms with Gasteiger partial charge in [-0.15, -0.1) is 0 Å². The molecule has 1 aliphatic heterocycles. The van der Waals surface area contributed by atoms with Crippen molar-refractivity contribution in [2.45, 2.75) is 32.6 Å². The molecule has 1 saturated carbocycles. The van der Waals surface area contributed by atoms with Crippen LogP contribution in [0.25, 0.3) is 5.57 Å². The first-order chi connectivity index (χ1) is 15.5. The van der Waals surface area contributed by atoms with E-state index in [1.807, 2.05) is 0 Å². The number of urea groups is 1. The summed E-state index contributed by atoms with van der Waals surface area (Å²) in [7, 11) is 1.66. The number of likely N-dealkylation sites (tertiary alicyclic amines) is 1. The number of allylic oxidation sites excluding steroid dienone is 1. The molecule has 9 heteroatoms. The van der Waals surface area contributed by atoms with Crippen molar-refractivity contribution in [1.29, 1.82) is 0 Å². The molecule has 3 amide bonds. The summed E-state index contributed by atoms with van der Waals surface area (Å²) in [6.07, 6.45) is 8.23. The van der Waals surface area contributed by atoms with Crippen LogP contribution >= 0.6 is 0 Å². The van der Waals surface area contributed by atoms with E-state index >= 15 is 0 Å². The maximum absolute atomic E-state index is 12.6. The third kappa shape index (κ3) is 4.05. The average Bonchev–Trinajstić information content (AvgIpc) is 3.12. The van der Waals surface area contributed by atoms with Crippen LogP contribution in [0.5, 0.6) is 11.5 Å². The summed E-state index contributed by atoms with van der Waals surface area (Å²) in [5.41, 5.74) is 7.24. The van der Waals surface area contributed by atoms with Gasteiger partial charge in [-0.2, -0.15) is 0 Å². The first kappa shape index (κ1) is 21.5. The minimum atomic E-state index is -0.434. The highest BCUT2D eigenvalue weighted by Gasteiger charge is 2.52. The lowest BCUT2D eigenvalue weighted by molar-refractivity contribution is -0.137. The third-order valence-corrected chi connectivity index (χ3v) is 6.04. The minimum Gasteiger partial charge on any atom is -0.455 e. The predicted molar refractivity (Wildman–Crippen MR) is 121 cm³/mol. The first-order valence-corrected chi connectivity index (χ1v) is 10.5. The number of aromatic nitrogens is 2. The van der Waals surface area contributed by atoms with Crippen LogP contribution in [0.1, 0.15) is 37.1 Å². The Balaban J connectivity index is 1.44. The molecule has 3 N–H and O–H groups in total.